The molecule has 108 valence electrons. The highest BCUT2D eigenvalue weighted by Crippen LogP contribution is 2.06. The van der Waals surface area contributed by atoms with Crippen LogP contribution in [0, 0.1) is 5.92 Å². The predicted octanol–water partition coefficient (Wildman–Crippen LogP) is 1.20. The molecule has 0 aliphatic rings. The Hall–Kier alpha value is -1.68. The van der Waals surface area contributed by atoms with Crippen molar-refractivity contribution in [1.82, 2.24) is 5.32 Å². The van der Waals surface area contributed by atoms with Crippen LogP contribution in [0.3, 0.4) is 0 Å². The standard InChI is InChI=1S/C13H22N2O4/c1-4-19-13(18)11(15-9-16)7-5-6-8-14-12(17)10(2)3/h10-11H,4-8H2,1-3H3,(H,14,17). The van der Waals surface area contributed by atoms with Gasteiger partial charge in [0.25, 0.3) is 0 Å². The smallest absolute Gasteiger partial charge is 0.331 e. The molecule has 1 atom stereocenters. The molecule has 19 heavy (non-hydrogen) atoms. The number of amides is 1. The van der Waals surface area contributed by atoms with Gasteiger partial charge in [-0.3, -0.25) is 4.79 Å². The van der Waals surface area contributed by atoms with Crippen LogP contribution in [-0.4, -0.2) is 37.1 Å². The van der Waals surface area contributed by atoms with E-state index < -0.39 is 12.0 Å². The molecular weight excluding hydrogens is 248 g/mol. The summed E-state index contributed by atoms with van der Waals surface area (Å²) >= 11 is 0. The number of isocyanates is 1. The fraction of sp³-hybridized carbons (Fsp3) is 0.769. The third-order valence-corrected chi connectivity index (χ3v) is 2.50. The van der Waals surface area contributed by atoms with Gasteiger partial charge in [0.05, 0.1) is 6.61 Å². The van der Waals surface area contributed by atoms with Gasteiger partial charge < -0.3 is 10.1 Å². The molecule has 0 aliphatic heterocycles. The van der Waals surface area contributed by atoms with Gasteiger partial charge in [-0.1, -0.05) is 13.8 Å². The van der Waals surface area contributed by atoms with Crippen LogP contribution in [0.4, 0.5) is 0 Å². The first-order valence-corrected chi connectivity index (χ1v) is 6.54. The van der Waals surface area contributed by atoms with Crippen LogP contribution in [0.25, 0.3) is 0 Å². The van der Waals surface area contributed by atoms with Crippen LogP contribution in [0.1, 0.15) is 40.0 Å². The maximum atomic E-state index is 11.4. The first kappa shape index (κ1) is 17.3. The fourth-order valence-corrected chi connectivity index (χ4v) is 1.42. The first-order valence-electron chi connectivity index (χ1n) is 6.54. The molecule has 0 aliphatic carbocycles. The molecule has 0 rings (SSSR count). The Morgan fingerprint density at radius 3 is 2.53 bits per heavy atom. The van der Waals surface area contributed by atoms with Crippen LogP contribution in [0.5, 0.6) is 0 Å². The molecule has 0 aromatic heterocycles. The number of esters is 1. The van der Waals surface area contributed by atoms with Crippen molar-refractivity contribution in [1.29, 1.82) is 0 Å². The van der Waals surface area contributed by atoms with Crippen molar-refractivity contribution in [3.05, 3.63) is 0 Å². The summed E-state index contributed by atoms with van der Waals surface area (Å²) in [5.41, 5.74) is 0. The second-order valence-electron chi connectivity index (χ2n) is 4.43. The molecular formula is C13H22N2O4. The van der Waals surface area contributed by atoms with Crippen molar-refractivity contribution in [2.75, 3.05) is 13.2 Å². The minimum absolute atomic E-state index is 0.00727. The van der Waals surface area contributed by atoms with Gasteiger partial charge in [-0.05, 0) is 26.2 Å². The lowest BCUT2D eigenvalue weighted by Gasteiger charge is -2.10. The maximum Gasteiger partial charge on any atom is 0.331 e. The van der Waals surface area contributed by atoms with E-state index in [2.05, 4.69) is 10.3 Å². The molecule has 6 heteroatoms. The number of aliphatic imine (C=N–C) groups is 1. The van der Waals surface area contributed by atoms with Gasteiger partial charge in [0.2, 0.25) is 12.0 Å². The Morgan fingerprint density at radius 2 is 2.00 bits per heavy atom. The van der Waals surface area contributed by atoms with Crippen molar-refractivity contribution in [3.8, 4) is 0 Å². The van der Waals surface area contributed by atoms with E-state index >= 15 is 0 Å². The Kier molecular flexibility index (Phi) is 9.35. The fourth-order valence-electron chi connectivity index (χ4n) is 1.42. The zero-order valence-corrected chi connectivity index (χ0v) is 11.8. The Bertz CT molecular complexity index is 336. The van der Waals surface area contributed by atoms with Gasteiger partial charge in [0, 0.05) is 12.5 Å². The Morgan fingerprint density at radius 1 is 1.32 bits per heavy atom. The summed E-state index contributed by atoms with van der Waals surface area (Å²) in [6.45, 7) is 6.16. The van der Waals surface area contributed by atoms with Crippen LogP contribution in [0.15, 0.2) is 4.99 Å². The zero-order valence-electron chi connectivity index (χ0n) is 11.8. The quantitative estimate of drug-likeness (QED) is 0.295. The second-order valence-corrected chi connectivity index (χ2v) is 4.43. The van der Waals surface area contributed by atoms with Gasteiger partial charge in [-0.25, -0.2) is 9.59 Å². The summed E-state index contributed by atoms with van der Waals surface area (Å²) in [4.78, 5) is 36.4. The Labute approximate surface area is 113 Å². The minimum Gasteiger partial charge on any atom is -0.464 e. The predicted molar refractivity (Wildman–Crippen MR) is 70.2 cm³/mol. The first-order chi connectivity index (χ1) is 9.02. The minimum atomic E-state index is -0.779. The molecule has 0 bridgehead atoms. The number of ether oxygens (including phenoxy) is 1. The molecule has 1 amide bonds. The average Bonchev–Trinajstić information content (AvgIpc) is 2.36. The number of carbonyl (C=O) groups is 2. The van der Waals surface area contributed by atoms with Gasteiger partial charge in [-0.15, -0.1) is 0 Å². The van der Waals surface area contributed by atoms with Gasteiger partial charge in [0.1, 0.15) is 0 Å². The molecule has 0 saturated heterocycles. The van der Waals surface area contributed by atoms with Gasteiger partial charge >= 0.3 is 5.97 Å². The molecule has 0 radical (unpaired) electrons. The van der Waals surface area contributed by atoms with E-state index in [1.807, 2.05) is 13.8 Å². The molecule has 0 saturated carbocycles. The topological polar surface area (TPSA) is 84.8 Å². The summed E-state index contributed by atoms with van der Waals surface area (Å²) in [6.07, 6.45) is 3.21. The third-order valence-electron chi connectivity index (χ3n) is 2.50. The van der Waals surface area contributed by atoms with Crippen molar-refractivity contribution in [3.63, 3.8) is 0 Å². The largest absolute Gasteiger partial charge is 0.464 e. The van der Waals surface area contributed by atoms with Gasteiger partial charge in [0.15, 0.2) is 6.04 Å². The molecule has 1 unspecified atom stereocenters. The second kappa shape index (κ2) is 10.3. The van der Waals surface area contributed by atoms with Crippen LogP contribution in [-0.2, 0) is 19.1 Å². The van der Waals surface area contributed by atoms with Crippen molar-refractivity contribution in [2.45, 2.75) is 46.1 Å². The van der Waals surface area contributed by atoms with E-state index in [4.69, 9.17) is 4.74 Å². The highest BCUT2D eigenvalue weighted by Gasteiger charge is 2.18. The third kappa shape index (κ3) is 8.11. The van der Waals surface area contributed by atoms with Crippen molar-refractivity contribution >= 4 is 18.0 Å². The summed E-state index contributed by atoms with van der Waals surface area (Å²) in [6, 6.07) is -0.779. The number of carbonyl (C=O) groups excluding carboxylic acids is 3. The highest BCUT2D eigenvalue weighted by molar-refractivity contribution is 5.77. The number of hydrogen-bond acceptors (Lipinski definition) is 5. The normalized spacial score (nSPS) is 11.6. The zero-order chi connectivity index (χ0) is 14.7. The lowest BCUT2D eigenvalue weighted by molar-refractivity contribution is -0.144. The molecule has 0 fully saturated rings. The number of nitrogens with zero attached hydrogens (tertiary/aromatic N) is 1. The molecule has 1 N–H and O–H groups in total. The van der Waals surface area contributed by atoms with E-state index in [1.165, 1.54) is 6.08 Å². The van der Waals surface area contributed by atoms with E-state index in [0.717, 1.165) is 6.42 Å². The summed E-state index contributed by atoms with van der Waals surface area (Å²) in [5.74, 6) is -0.531. The lowest BCUT2D eigenvalue weighted by Crippen LogP contribution is -2.28. The SMILES string of the molecule is CCOC(=O)C(CCCCNC(=O)C(C)C)N=C=O. The highest BCUT2D eigenvalue weighted by atomic mass is 16.5. The number of unbranched alkanes of at least 4 members (excludes halogenated alkanes) is 1. The summed E-state index contributed by atoms with van der Waals surface area (Å²) in [7, 11) is 0. The average molecular weight is 270 g/mol. The van der Waals surface area contributed by atoms with Crippen LogP contribution < -0.4 is 5.32 Å². The Balaban J connectivity index is 3.91. The molecule has 0 spiro atoms. The van der Waals surface area contributed by atoms with Crippen LogP contribution in [0.2, 0.25) is 0 Å². The van der Waals surface area contributed by atoms with Crippen molar-refractivity contribution in [2.24, 2.45) is 10.9 Å². The van der Waals surface area contributed by atoms with E-state index in [9.17, 15) is 14.4 Å². The maximum absolute atomic E-state index is 11.4. The molecule has 0 heterocycles. The molecule has 0 aromatic carbocycles. The summed E-state index contributed by atoms with van der Waals surface area (Å²) < 4.78 is 4.80. The van der Waals surface area contributed by atoms with E-state index in [0.29, 0.717) is 19.4 Å². The van der Waals surface area contributed by atoms with Crippen molar-refractivity contribution < 1.29 is 19.1 Å². The number of hydrogen-bond donors (Lipinski definition) is 1. The van der Waals surface area contributed by atoms with Gasteiger partial charge in [-0.2, -0.15) is 4.99 Å². The molecule has 0 aromatic rings. The monoisotopic (exact) mass is 270 g/mol. The summed E-state index contributed by atoms with van der Waals surface area (Å²) in [5, 5.41) is 2.78. The lowest BCUT2D eigenvalue weighted by atomic mass is 10.1. The number of rotatable bonds is 9. The molecule has 6 nitrogen and oxygen atoms in total. The number of nitrogens with one attached hydrogen (secondary N) is 1. The van der Waals surface area contributed by atoms with E-state index in [1.54, 1.807) is 6.92 Å². The van der Waals surface area contributed by atoms with E-state index in [-0.39, 0.29) is 18.4 Å². The van der Waals surface area contributed by atoms with Crippen LogP contribution >= 0.6 is 0 Å².